The van der Waals surface area contributed by atoms with Gasteiger partial charge in [0.05, 0.1) is 6.04 Å². The molecule has 131 valence electrons. The summed E-state index contributed by atoms with van der Waals surface area (Å²) in [6, 6.07) is 21.6. The predicted molar refractivity (Wildman–Crippen MR) is 101 cm³/mol. The summed E-state index contributed by atoms with van der Waals surface area (Å²) < 4.78 is 2.44. The molecule has 0 spiro atoms. The standard InChI is InChI=1S/C23H25N.Ir/c1-15-16(2)24-21-9-7-6-8-17(21)10-13-22(24)19-12-11-18(14-20(15)19)23(3,4)5;/h6-15H,1-5H3;. The summed E-state index contributed by atoms with van der Waals surface area (Å²) >= 11 is 0. The smallest absolute Gasteiger partial charge is 0.113 e. The molecule has 4 rings (SSSR count). The van der Waals surface area contributed by atoms with Crippen molar-refractivity contribution < 1.29 is 24.7 Å². The van der Waals surface area contributed by atoms with Crippen LogP contribution in [-0.4, -0.2) is 0 Å². The molecule has 1 nitrogen and oxygen atoms in total. The molecule has 0 bridgehead atoms. The monoisotopic (exact) mass is 508 g/mol. The number of para-hydroxylation sites is 1. The van der Waals surface area contributed by atoms with E-state index in [1.807, 2.05) is 0 Å². The molecule has 25 heavy (non-hydrogen) atoms. The molecule has 0 aliphatic carbocycles. The first-order valence-corrected chi connectivity index (χ1v) is 8.80. The molecule has 2 heterocycles. The topological polar surface area (TPSA) is 3.88 Å². The van der Waals surface area contributed by atoms with Gasteiger partial charge in [0.25, 0.3) is 0 Å². The van der Waals surface area contributed by atoms with Crippen LogP contribution in [0.4, 0.5) is 0 Å². The first-order valence-electron chi connectivity index (χ1n) is 8.80. The molecule has 1 atom stereocenters. The molecule has 1 aromatic heterocycles. The molecule has 2 heteroatoms. The maximum atomic E-state index is 2.44. The van der Waals surface area contributed by atoms with Gasteiger partial charge >= 0.3 is 0 Å². The van der Waals surface area contributed by atoms with Crippen LogP contribution in [0.25, 0.3) is 22.2 Å². The van der Waals surface area contributed by atoms with Gasteiger partial charge in [0.1, 0.15) is 11.2 Å². The number of nitrogens with zero attached hydrogens (tertiary/aromatic N) is 1. The van der Waals surface area contributed by atoms with E-state index >= 15 is 0 Å². The number of fused-ring (bicyclic) bond motifs is 5. The van der Waals surface area contributed by atoms with Gasteiger partial charge in [-0.25, -0.2) is 0 Å². The van der Waals surface area contributed by atoms with Crippen molar-refractivity contribution in [2.75, 3.05) is 0 Å². The summed E-state index contributed by atoms with van der Waals surface area (Å²) in [5, 5.41) is 1.29. The van der Waals surface area contributed by atoms with Crippen molar-refractivity contribution in [2.24, 2.45) is 0 Å². The van der Waals surface area contributed by atoms with Crippen LogP contribution in [0.15, 0.2) is 54.6 Å². The van der Waals surface area contributed by atoms with Gasteiger partial charge in [0.2, 0.25) is 0 Å². The molecule has 2 aromatic carbocycles. The Balaban J connectivity index is 0.00000182. The van der Waals surface area contributed by atoms with Crippen molar-refractivity contribution in [1.29, 1.82) is 0 Å². The van der Waals surface area contributed by atoms with Crippen LogP contribution in [0.1, 0.15) is 51.7 Å². The summed E-state index contributed by atoms with van der Waals surface area (Å²) in [6.07, 6.45) is 0. The minimum absolute atomic E-state index is 0. The summed E-state index contributed by atoms with van der Waals surface area (Å²) in [5.74, 6) is 0.422. The molecular weight excluding hydrogens is 482 g/mol. The molecule has 0 saturated heterocycles. The summed E-state index contributed by atoms with van der Waals surface area (Å²) in [7, 11) is 0. The van der Waals surface area contributed by atoms with Gasteiger partial charge in [0, 0.05) is 26.0 Å². The zero-order chi connectivity index (χ0) is 17.1. The fourth-order valence-corrected chi connectivity index (χ4v) is 3.83. The van der Waals surface area contributed by atoms with Crippen LogP contribution in [0.3, 0.4) is 0 Å². The van der Waals surface area contributed by atoms with Crippen LogP contribution in [0, 0.1) is 6.04 Å². The minimum Gasteiger partial charge on any atom is -0.321 e. The largest absolute Gasteiger partial charge is 0.321 e. The summed E-state index contributed by atoms with van der Waals surface area (Å²) in [6.45, 7) is 11.5. The number of benzene rings is 2. The van der Waals surface area contributed by atoms with E-state index in [9.17, 15) is 0 Å². The van der Waals surface area contributed by atoms with Crippen molar-refractivity contribution in [3.63, 3.8) is 0 Å². The van der Waals surface area contributed by atoms with Gasteiger partial charge in [0.15, 0.2) is 0 Å². The molecule has 0 N–H and O–H groups in total. The Labute approximate surface area is 164 Å². The number of hydrogen-bond acceptors (Lipinski definition) is 0. The first-order chi connectivity index (χ1) is 11.4. The Hall–Kier alpha value is -1.63. The maximum absolute atomic E-state index is 2.44. The summed E-state index contributed by atoms with van der Waals surface area (Å²) in [4.78, 5) is 0. The third-order valence-electron chi connectivity index (χ3n) is 5.48. The van der Waals surface area contributed by atoms with Gasteiger partial charge in [-0.2, -0.15) is 0 Å². The quantitative estimate of drug-likeness (QED) is 0.275. The van der Waals surface area contributed by atoms with Crippen molar-refractivity contribution in [1.82, 2.24) is 0 Å². The van der Waals surface area contributed by atoms with Crippen LogP contribution in [0.2, 0.25) is 0 Å². The molecule has 0 saturated carbocycles. The van der Waals surface area contributed by atoms with Crippen LogP contribution >= 0.6 is 0 Å². The molecular formula is C23H25IrN. The number of aromatic nitrogens is 1. The Kier molecular flexibility index (Phi) is 4.56. The van der Waals surface area contributed by atoms with Gasteiger partial charge in [-0.15, -0.1) is 0 Å². The Morgan fingerprint density at radius 1 is 0.960 bits per heavy atom. The second-order valence-corrected chi connectivity index (χ2v) is 8.03. The second-order valence-electron chi connectivity index (χ2n) is 8.03. The van der Waals surface area contributed by atoms with E-state index in [4.69, 9.17) is 0 Å². The maximum Gasteiger partial charge on any atom is 0.113 e. The number of pyridine rings is 1. The third-order valence-corrected chi connectivity index (χ3v) is 5.48. The Morgan fingerprint density at radius 2 is 1.68 bits per heavy atom. The average Bonchev–Trinajstić information content (AvgIpc) is 2.57. The van der Waals surface area contributed by atoms with E-state index in [-0.39, 0.29) is 25.5 Å². The minimum atomic E-state index is 0. The predicted octanol–water partition coefficient (Wildman–Crippen LogP) is 5.61. The van der Waals surface area contributed by atoms with Crippen molar-refractivity contribution in [3.05, 3.63) is 71.8 Å². The van der Waals surface area contributed by atoms with Crippen LogP contribution < -0.4 is 4.57 Å². The zero-order valence-corrected chi connectivity index (χ0v) is 17.9. The van der Waals surface area contributed by atoms with E-state index in [0.717, 1.165) is 0 Å². The van der Waals surface area contributed by atoms with Gasteiger partial charge in [-0.1, -0.05) is 70.2 Å². The molecule has 1 aliphatic rings. The molecule has 3 aromatic rings. The zero-order valence-electron chi connectivity index (χ0n) is 15.6. The number of rotatable bonds is 0. The average molecular weight is 508 g/mol. The SMILES string of the molecule is C[C-]1C(C)c2cc(C(C)(C)C)ccc2-c2ccc3ccccc3[n+]21.[Ir]. The van der Waals surface area contributed by atoms with Crippen molar-refractivity contribution in [3.8, 4) is 11.3 Å². The Morgan fingerprint density at radius 3 is 2.40 bits per heavy atom. The molecule has 1 radical (unpaired) electrons. The van der Waals surface area contributed by atoms with E-state index in [0.29, 0.717) is 5.92 Å². The van der Waals surface area contributed by atoms with E-state index < -0.39 is 0 Å². The third kappa shape index (κ3) is 2.82. The van der Waals surface area contributed by atoms with E-state index in [2.05, 4.69) is 93.8 Å². The van der Waals surface area contributed by atoms with Gasteiger partial charge in [-0.05, 0) is 46.5 Å². The number of hydrogen-bond donors (Lipinski definition) is 0. The van der Waals surface area contributed by atoms with Crippen LogP contribution in [-0.2, 0) is 25.5 Å². The fourth-order valence-electron chi connectivity index (χ4n) is 3.83. The second kappa shape index (κ2) is 6.27. The van der Waals surface area contributed by atoms with Crippen molar-refractivity contribution >= 4 is 10.9 Å². The molecule has 0 amide bonds. The fraction of sp³-hybridized carbons (Fsp3) is 0.304. The normalized spacial score (nSPS) is 16.2. The molecule has 1 aliphatic heterocycles. The molecule has 0 fully saturated rings. The van der Waals surface area contributed by atoms with Gasteiger partial charge in [-0.3, -0.25) is 0 Å². The van der Waals surface area contributed by atoms with E-state index in [1.54, 1.807) is 0 Å². The van der Waals surface area contributed by atoms with Gasteiger partial charge < -0.3 is 4.57 Å². The van der Waals surface area contributed by atoms with E-state index in [1.165, 1.54) is 39.3 Å². The van der Waals surface area contributed by atoms with Crippen LogP contribution in [0.5, 0.6) is 0 Å². The molecule has 1 unspecified atom stereocenters. The summed E-state index contributed by atoms with van der Waals surface area (Å²) in [5.41, 5.74) is 7.02. The van der Waals surface area contributed by atoms with Crippen molar-refractivity contribution in [2.45, 2.75) is 46.0 Å². The first kappa shape index (κ1) is 18.2. The Bertz CT molecular complexity index is 936.